The van der Waals surface area contributed by atoms with E-state index in [-0.39, 0.29) is 0 Å². The first-order valence-corrected chi connectivity index (χ1v) is 4.50. The third-order valence-electron chi connectivity index (χ3n) is 1.54. The largest absolute Gasteiger partial charge is 0.328 e. The molecule has 0 bridgehead atoms. The van der Waals surface area contributed by atoms with Gasteiger partial charge in [-0.15, -0.1) is 11.6 Å². The molecule has 0 heterocycles. The fourth-order valence-electron chi connectivity index (χ4n) is 0.901. The first-order chi connectivity index (χ1) is 4.66. The molecule has 1 nitrogen and oxygen atoms in total. The van der Waals surface area contributed by atoms with E-state index in [0.717, 1.165) is 19.3 Å². The molecule has 2 unspecified atom stereocenters. The molecule has 0 aliphatic carbocycles. The van der Waals surface area contributed by atoms with Crippen LogP contribution in [0.3, 0.4) is 0 Å². The van der Waals surface area contributed by atoms with Crippen molar-refractivity contribution in [3.05, 3.63) is 0 Å². The maximum absolute atomic E-state index is 5.97. The van der Waals surface area contributed by atoms with Crippen LogP contribution in [-0.4, -0.2) is 11.4 Å². The highest BCUT2D eigenvalue weighted by Crippen LogP contribution is 2.12. The molecule has 0 radical (unpaired) electrons. The second kappa shape index (κ2) is 5.99. The van der Waals surface area contributed by atoms with Gasteiger partial charge in [0.15, 0.2) is 0 Å². The molecule has 62 valence electrons. The van der Waals surface area contributed by atoms with E-state index in [1.807, 2.05) is 6.92 Å². The Balaban J connectivity index is 3.12. The highest BCUT2D eigenvalue weighted by molar-refractivity contribution is 6.20. The van der Waals surface area contributed by atoms with E-state index in [1.54, 1.807) is 0 Å². The van der Waals surface area contributed by atoms with Gasteiger partial charge in [0.2, 0.25) is 0 Å². The molecule has 0 fully saturated rings. The SMILES string of the molecule is CCCC(Cl)CCC(C)N. The summed E-state index contributed by atoms with van der Waals surface area (Å²) in [6, 6.07) is 0.304. The number of hydrogen-bond donors (Lipinski definition) is 1. The molecule has 0 amide bonds. The van der Waals surface area contributed by atoms with Crippen LogP contribution in [-0.2, 0) is 0 Å². The first-order valence-electron chi connectivity index (χ1n) is 4.06. The molecular formula is C8H18ClN. The Bertz CT molecular complexity index is 73.7. The Morgan fingerprint density at radius 2 is 1.90 bits per heavy atom. The van der Waals surface area contributed by atoms with Gasteiger partial charge in [0, 0.05) is 11.4 Å². The van der Waals surface area contributed by atoms with Gasteiger partial charge < -0.3 is 5.73 Å². The molecule has 2 N–H and O–H groups in total. The molecule has 2 atom stereocenters. The van der Waals surface area contributed by atoms with Crippen LogP contribution in [0.25, 0.3) is 0 Å². The van der Waals surface area contributed by atoms with Crippen molar-refractivity contribution >= 4 is 11.6 Å². The van der Waals surface area contributed by atoms with E-state index in [9.17, 15) is 0 Å². The zero-order valence-corrected chi connectivity index (χ0v) is 7.69. The molecule has 0 aromatic rings. The van der Waals surface area contributed by atoms with Gasteiger partial charge in [-0.3, -0.25) is 0 Å². The third kappa shape index (κ3) is 6.37. The minimum atomic E-state index is 0.304. The molecule has 10 heavy (non-hydrogen) atoms. The highest BCUT2D eigenvalue weighted by atomic mass is 35.5. The molecule has 0 spiro atoms. The van der Waals surface area contributed by atoms with Crippen LogP contribution in [0, 0.1) is 0 Å². The Kier molecular flexibility index (Phi) is 6.14. The van der Waals surface area contributed by atoms with E-state index < -0.39 is 0 Å². The molecule has 0 aromatic carbocycles. The Labute approximate surface area is 68.9 Å². The minimum Gasteiger partial charge on any atom is -0.328 e. The van der Waals surface area contributed by atoms with Crippen LogP contribution < -0.4 is 5.73 Å². The van der Waals surface area contributed by atoms with E-state index in [1.165, 1.54) is 6.42 Å². The molecule has 0 saturated carbocycles. The van der Waals surface area contributed by atoms with Crippen molar-refractivity contribution in [1.82, 2.24) is 0 Å². The van der Waals surface area contributed by atoms with Crippen LogP contribution in [0.5, 0.6) is 0 Å². The second-order valence-corrected chi connectivity index (χ2v) is 3.56. The van der Waals surface area contributed by atoms with Crippen LogP contribution in [0.1, 0.15) is 39.5 Å². The lowest BCUT2D eigenvalue weighted by Crippen LogP contribution is -2.16. The molecule has 0 saturated heterocycles. The predicted molar refractivity (Wildman–Crippen MR) is 47.4 cm³/mol. The molecule has 0 aliphatic rings. The fraction of sp³-hybridized carbons (Fsp3) is 1.00. The summed E-state index contributed by atoms with van der Waals surface area (Å²) >= 11 is 5.97. The molecule has 0 aromatic heterocycles. The fourth-order valence-corrected chi connectivity index (χ4v) is 1.25. The van der Waals surface area contributed by atoms with Gasteiger partial charge in [0.1, 0.15) is 0 Å². The summed E-state index contributed by atoms with van der Waals surface area (Å²) in [5, 5.41) is 0.344. The van der Waals surface area contributed by atoms with Crippen LogP contribution in [0.4, 0.5) is 0 Å². The monoisotopic (exact) mass is 163 g/mol. The number of halogens is 1. The molecule has 0 aliphatic heterocycles. The summed E-state index contributed by atoms with van der Waals surface area (Å²) in [4.78, 5) is 0. The number of nitrogens with two attached hydrogens (primary N) is 1. The molecule has 2 heteroatoms. The van der Waals surface area contributed by atoms with Gasteiger partial charge in [0.05, 0.1) is 0 Å². The average molecular weight is 164 g/mol. The summed E-state index contributed by atoms with van der Waals surface area (Å²) in [6.07, 6.45) is 4.41. The van der Waals surface area contributed by atoms with Crippen molar-refractivity contribution in [1.29, 1.82) is 0 Å². The smallest absolute Gasteiger partial charge is 0.0336 e. The topological polar surface area (TPSA) is 26.0 Å². The lowest BCUT2D eigenvalue weighted by atomic mass is 10.1. The lowest BCUT2D eigenvalue weighted by molar-refractivity contribution is 0.581. The van der Waals surface area contributed by atoms with Gasteiger partial charge in [-0.05, 0) is 26.2 Å². The van der Waals surface area contributed by atoms with Gasteiger partial charge in [-0.2, -0.15) is 0 Å². The maximum atomic E-state index is 5.97. The maximum Gasteiger partial charge on any atom is 0.0336 e. The third-order valence-corrected chi connectivity index (χ3v) is 1.97. The standard InChI is InChI=1S/C8H18ClN/c1-3-4-8(9)6-5-7(2)10/h7-8H,3-6,10H2,1-2H3. The van der Waals surface area contributed by atoms with Crippen molar-refractivity contribution < 1.29 is 0 Å². The summed E-state index contributed by atoms with van der Waals surface area (Å²) in [7, 11) is 0. The highest BCUT2D eigenvalue weighted by Gasteiger charge is 2.03. The van der Waals surface area contributed by atoms with Gasteiger partial charge in [-0.25, -0.2) is 0 Å². The molecule has 0 rings (SSSR count). The number of rotatable bonds is 5. The Morgan fingerprint density at radius 3 is 2.30 bits per heavy atom. The van der Waals surface area contributed by atoms with Gasteiger partial charge >= 0.3 is 0 Å². The normalized spacial score (nSPS) is 16.8. The predicted octanol–water partition coefficient (Wildman–Crippen LogP) is 2.52. The molecular weight excluding hydrogens is 146 g/mol. The summed E-state index contributed by atoms with van der Waals surface area (Å²) in [5.74, 6) is 0. The van der Waals surface area contributed by atoms with Gasteiger partial charge in [-0.1, -0.05) is 13.3 Å². The summed E-state index contributed by atoms with van der Waals surface area (Å²) in [6.45, 7) is 4.18. The van der Waals surface area contributed by atoms with E-state index in [2.05, 4.69) is 6.92 Å². The van der Waals surface area contributed by atoms with Crippen LogP contribution in [0.2, 0.25) is 0 Å². The zero-order chi connectivity index (χ0) is 7.98. The van der Waals surface area contributed by atoms with E-state index in [0.29, 0.717) is 11.4 Å². The summed E-state index contributed by atoms with van der Waals surface area (Å²) in [5.41, 5.74) is 5.58. The van der Waals surface area contributed by atoms with Crippen molar-refractivity contribution in [3.63, 3.8) is 0 Å². The second-order valence-electron chi connectivity index (χ2n) is 2.94. The van der Waals surface area contributed by atoms with E-state index >= 15 is 0 Å². The number of alkyl halides is 1. The van der Waals surface area contributed by atoms with Crippen molar-refractivity contribution in [2.75, 3.05) is 0 Å². The summed E-state index contributed by atoms with van der Waals surface area (Å²) < 4.78 is 0. The lowest BCUT2D eigenvalue weighted by Gasteiger charge is -2.08. The minimum absolute atomic E-state index is 0.304. The average Bonchev–Trinajstić information content (AvgIpc) is 1.85. The van der Waals surface area contributed by atoms with Crippen molar-refractivity contribution in [3.8, 4) is 0 Å². The van der Waals surface area contributed by atoms with Crippen molar-refractivity contribution in [2.24, 2.45) is 5.73 Å². The Morgan fingerprint density at radius 1 is 1.30 bits per heavy atom. The van der Waals surface area contributed by atoms with E-state index in [4.69, 9.17) is 17.3 Å². The number of hydrogen-bond acceptors (Lipinski definition) is 1. The first kappa shape index (κ1) is 10.2. The van der Waals surface area contributed by atoms with Crippen molar-refractivity contribution in [2.45, 2.75) is 50.9 Å². The Hall–Kier alpha value is 0.250. The quantitative estimate of drug-likeness (QED) is 0.620. The van der Waals surface area contributed by atoms with Crippen LogP contribution in [0.15, 0.2) is 0 Å². The van der Waals surface area contributed by atoms with Gasteiger partial charge in [0.25, 0.3) is 0 Å². The van der Waals surface area contributed by atoms with Crippen LogP contribution >= 0.6 is 11.6 Å². The zero-order valence-electron chi connectivity index (χ0n) is 6.94.